The largest absolute Gasteiger partial charge is 0.370 e. The van der Waals surface area contributed by atoms with Gasteiger partial charge in [0.2, 0.25) is 0 Å². The van der Waals surface area contributed by atoms with E-state index in [4.69, 9.17) is 10.5 Å². The van der Waals surface area contributed by atoms with E-state index in [0.29, 0.717) is 0 Å². The topological polar surface area (TPSA) is 75.7 Å². The summed E-state index contributed by atoms with van der Waals surface area (Å²) < 4.78 is 0. The molecule has 5 heteroatoms. The van der Waals surface area contributed by atoms with Gasteiger partial charge in [0, 0.05) is 36.6 Å². The van der Waals surface area contributed by atoms with Crippen LogP contribution in [-0.4, -0.2) is 18.1 Å². The fourth-order valence-corrected chi connectivity index (χ4v) is 2.74. The SMILES string of the molecule is N#CC(C#N)=CNc1ccc(N2CCCC2)c2ncccc12. The van der Waals surface area contributed by atoms with Gasteiger partial charge in [0.05, 0.1) is 11.2 Å². The zero-order chi connectivity index (χ0) is 15.4. The molecular formula is C17H15N5. The van der Waals surface area contributed by atoms with Crippen LogP contribution in [0.5, 0.6) is 0 Å². The van der Waals surface area contributed by atoms with Crippen LogP contribution in [0.4, 0.5) is 11.4 Å². The molecule has 0 spiro atoms. The molecule has 2 aromatic rings. The number of pyridine rings is 1. The Hall–Kier alpha value is -3.05. The lowest BCUT2D eigenvalue weighted by Crippen LogP contribution is -2.18. The first-order valence-corrected chi connectivity index (χ1v) is 7.23. The summed E-state index contributed by atoms with van der Waals surface area (Å²) in [4.78, 5) is 6.87. The number of anilines is 2. The van der Waals surface area contributed by atoms with E-state index in [1.54, 1.807) is 6.20 Å². The second-order valence-electron chi connectivity index (χ2n) is 5.15. The molecule has 0 unspecified atom stereocenters. The number of nitrogens with zero attached hydrogens (tertiary/aromatic N) is 4. The summed E-state index contributed by atoms with van der Waals surface area (Å²) in [6.45, 7) is 2.12. The van der Waals surface area contributed by atoms with Crippen LogP contribution in [0, 0.1) is 22.7 Å². The summed E-state index contributed by atoms with van der Waals surface area (Å²) in [6, 6.07) is 11.6. The molecule has 1 aliphatic heterocycles. The molecular weight excluding hydrogens is 274 g/mol. The number of nitriles is 2. The highest BCUT2D eigenvalue weighted by molar-refractivity contribution is 5.99. The number of rotatable bonds is 3. The van der Waals surface area contributed by atoms with Gasteiger partial charge in [-0.05, 0) is 37.1 Å². The lowest BCUT2D eigenvalue weighted by Gasteiger charge is -2.20. The van der Waals surface area contributed by atoms with E-state index in [-0.39, 0.29) is 5.57 Å². The second kappa shape index (κ2) is 6.15. The average Bonchev–Trinajstić information content (AvgIpc) is 3.10. The van der Waals surface area contributed by atoms with Crippen LogP contribution < -0.4 is 10.2 Å². The first-order chi connectivity index (χ1) is 10.8. The highest BCUT2D eigenvalue weighted by atomic mass is 15.1. The molecule has 1 saturated heterocycles. The minimum absolute atomic E-state index is 0.0423. The minimum atomic E-state index is 0.0423. The zero-order valence-corrected chi connectivity index (χ0v) is 12.1. The van der Waals surface area contributed by atoms with E-state index in [1.165, 1.54) is 19.0 Å². The van der Waals surface area contributed by atoms with Crippen molar-refractivity contribution in [3.05, 3.63) is 42.2 Å². The standard InChI is InChI=1S/C17H15N5/c18-10-13(11-19)12-21-15-5-6-16(22-8-1-2-9-22)17-14(15)4-3-7-20-17/h3-7,12,21H,1-2,8-9H2. The first-order valence-electron chi connectivity index (χ1n) is 7.23. The number of hydrogen-bond donors (Lipinski definition) is 1. The lowest BCUT2D eigenvalue weighted by atomic mass is 10.1. The summed E-state index contributed by atoms with van der Waals surface area (Å²) in [6.07, 6.45) is 5.64. The van der Waals surface area contributed by atoms with Crippen LogP contribution in [0.25, 0.3) is 10.9 Å². The Morgan fingerprint density at radius 1 is 1.18 bits per heavy atom. The van der Waals surface area contributed by atoms with Crippen molar-refractivity contribution in [1.29, 1.82) is 10.5 Å². The van der Waals surface area contributed by atoms with Gasteiger partial charge in [-0.2, -0.15) is 10.5 Å². The molecule has 22 heavy (non-hydrogen) atoms. The summed E-state index contributed by atoms with van der Waals surface area (Å²) in [5.41, 5.74) is 2.97. The molecule has 0 aliphatic carbocycles. The van der Waals surface area contributed by atoms with Crippen LogP contribution in [0.1, 0.15) is 12.8 Å². The van der Waals surface area contributed by atoms with Gasteiger partial charge in [0.15, 0.2) is 0 Å². The van der Waals surface area contributed by atoms with Crippen molar-refractivity contribution >= 4 is 22.3 Å². The highest BCUT2D eigenvalue weighted by Gasteiger charge is 2.16. The molecule has 1 aliphatic rings. The van der Waals surface area contributed by atoms with Gasteiger partial charge in [-0.25, -0.2) is 0 Å². The molecule has 3 rings (SSSR count). The summed E-state index contributed by atoms with van der Waals surface area (Å²) in [7, 11) is 0. The van der Waals surface area contributed by atoms with E-state index < -0.39 is 0 Å². The Kier molecular flexibility index (Phi) is 3.89. The molecule has 0 saturated carbocycles. The van der Waals surface area contributed by atoms with E-state index in [0.717, 1.165) is 35.4 Å². The summed E-state index contributed by atoms with van der Waals surface area (Å²) in [5, 5.41) is 21.6. The van der Waals surface area contributed by atoms with Crippen molar-refractivity contribution in [2.45, 2.75) is 12.8 Å². The van der Waals surface area contributed by atoms with Gasteiger partial charge in [0.25, 0.3) is 0 Å². The van der Waals surface area contributed by atoms with Crippen LogP contribution in [0.3, 0.4) is 0 Å². The number of nitrogens with one attached hydrogen (secondary N) is 1. The van der Waals surface area contributed by atoms with E-state index in [1.807, 2.05) is 30.3 Å². The van der Waals surface area contributed by atoms with Gasteiger partial charge >= 0.3 is 0 Å². The third kappa shape index (κ3) is 2.57. The zero-order valence-electron chi connectivity index (χ0n) is 12.1. The maximum absolute atomic E-state index is 8.81. The molecule has 1 N–H and O–H groups in total. The number of benzene rings is 1. The summed E-state index contributed by atoms with van der Waals surface area (Å²) in [5.74, 6) is 0. The molecule has 0 bridgehead atoms. The van der Waals surface area contributed by atoms with Crippen molar-refractivity contribution in [1.82, 2.24) is 4.98 Å². The number of allylic oxidation sites excluding steroid dienone is 1. The van der Waals surface area contributed by atoms with Gasteiger partial charge in [-0.3, -0.25) is 4.98 Å². The molecule has 1 fully saturated rings. The minimum Gasteiger partial charge on any atom is -0.370 e. The fourth-order valence-electron chi connectivity index (χ4n) is 2.74. The Balaban J connectivity index is 2.03. The smallest absolute Gasteiger partial charge is 0.145 e. The summed E-state index contributed by atoms with van der Waals surface area (Å²) >= 11 is 0. The molecule has 1 aromatic heterocycles. The van der Waals surface area contributed by atoms with Crippen LogP contribution >= 0.6 is 0 Å². The van der Waals surface area contributed by atoms with Gasteiger partial charge in [0.1, 0.15) is 17.7 Å². The quantitative estimate of drug-likeness (QED) is 0.878. The third-order valence-electron chi connectivity index (χ3n) is 3.81. The number of fused-ring (bicyclic) bond motifs is 1. The Bertz CT molecular complexity index is 788. The van der Waals surface area contributed by atoms with Crippen molar-refractivity contribution in [2.75, 3.05) is 23.3 Å². The maximum Gasteiger partial charge on any atom is 0.145 e. The fraction of sp³-hybridized carbons (Fsp3) is 0.235. The van der Waals surface area contributed by atoms with Crippen molar-refractivity contribution < 1.29 is 0 Å². The lowest BCUT2D eigenvalue weighted by molar-refractivity contribution is 0.949. The predicted molar refractivity (Wildman–Crippen MR) is 86.1 cm³/mol. The Labute approximate surface area is 129 Å². The highest BCUT2D eigenvalue weighted by Crippen LogP contribution is 2.32. The molecule has 0 amide bonds. The molecule has 108 valence electrons. The molecule has 1 aromatic carbocycles. The molecule has 5 nitrogen and oxygen atoms in total. The van der Waals surface area contributed by atoms with Crippen LogP contribution in [0.2, 0.25) is 0 Å². The molecule has 0 radical (unpaired) electrons. The van der Waals surface area contributed by atoms with Crippen molar-refractivity contribution in [3.8, 4) is 12.1 Å². The predicted octanol–water partition coefficient (Wildman–Crippen LogP) is 3.18. The van der Waals surface area contributed by atoms with Gasteiger partial charge in [-0.15, -0.1) is 0 Å². The normalized spacial score (nSPS) is 13.5. The molecule has 0 atom stereocenters. The Morgan fingerprint density at radius 3 is 2.68 bits per heavy atom. The van der Waals surface area contributed by atoms with Gasteiger partial charge < -0.3 is 10.2 Å². The van der Waals surface area contributed by atoms with E-state index >= 15 is 0 Å². The van der Waals surface area contributed by atoms with Crippen LogP contribution in [0.15, 0.2) is 42.2 Å². The maximum atomic E-state index is 8.81. The number of hydrogen-bond acceptors (Lipinski definition) is 5. The van der Waals surface area contributed by atoms with Crippen LogP contribution in [-0.2, 0) is 0 Å². The average molecular weight is 289 g/mol. The first kappa shape index (κ1) is 13.9. The van der Waals surface area contributed by atoms with Crippen molar-refractivity contribution in [2.24, 2.45) is 0 Å². The number of aromatic nitrogens is 1. The van der Waals surface area contributed by atoms with E-state index in [2.05, 4.69) is 21.3 Å². The second-order valence-corrected chi connectivity index (χ2v) is 5.15. The van der Waals surface area contributed by atoms with Crippen molar-refractivity contribution in [3.63, 3.8) is 0 Å². The monoisotopic (exact) mass is 289 g/mol. The van der Waals surface area contributed by atoms with E-state index in [9.17, 15) is 0 Å². The molecule has 2 heterocycles. The Morgan fingerprint density at radius 2 is 1.95 bits per heavy atom. The van der Waals surface area contributed by atoms with Gasteiger partial charge in [-0.1, -0.05) is 0 Å². The third-order valence-corrected chi connectivity index (χ3v) is 3.81.